The Morgan fingerprint density at radius 1 is 0.562 bits per heavy atom. The van der Waals surface area contributed by atoms with E-state index >= 15 is 0 Å². The maximum Gasteiger partial charge on any atom is 0.206 e. The summed E-state index contributed by atoms with van der Waals surface area (Å²) in [6.07, 6.45) is 0. The van der Waals surface area contributed by atoms with E-state index < -0.39 is 9.84 Å². The molecular weight excluding hydrogens is 492 g/mol. The molecule has 0 amide bonds. The van der Waals surface area contributed by atoms with Crippen molar-refractivity contribution in [3.8, 4) is 23.0 Å². The molecule has 6 nitrogen and oxygen atoms in total. The summed E-state index contributed by atoms with van der Waals surface area (Å²) in [5, 5.41) is 0. The lowest BCUT2D eigenvalue weighted by Gasteiger charge is -2.10. The van der Waals surface area contributed by atoms with E-state index in [1.807, 2.05) is 24.3 Å². The van der Waals surface area contributed by atoms with Crippen LogP contribution in [0.25, 0.3) is 0 Å². The summed E-state index contributed by atoms with van der Waals surface area (Å²) < 4.78 is 38.4. The van der Waals surface area contributed by atoms with Gasteiger partial charge in [0.05, 0.1) is 21.2 Å². The van der Waals surface area contributed by atoms with Gasteiger partial charge in [-0.3, -0.25) is 0 Å². The van der Waals surface area contributed by atoms with Crippen molar-refractivity contribution in [1.82, 2.24) is 0 Å². The Morgan fingerprint density at radius 3 is 1.44 bits per heavy atom. The second-order valence-corrected chi connectivity index (χ2v) is 9.76. The predicted octanol–water partition coefficient (Wildman–Crippen LogP) is 6.03. The highest BCUT2D eigenvalue weighted by Gasteiger charge is 2.18. The van der Waals surface area contributed by atoms with Gasteiger partial charge in [-0.2, -0.15) is 0 Å². The van der Waals surface area contributed by atoms with E-state index in [1.165, 1.54) is 24.3 Å². The number of hydrogen-bond donors (Lipinski definition) is 2. The van der Waals surface area contributed by atoms with Gasteiger partial charge in [0.15, 0.2) is 0 Å². The van der Waals surface area contributed by atoms with Crippen molar-refractivity contribution in [2.24, 2.45) is 0 Å². The molecule has 0 saturated carbocycles. The number of benzene rings is 4. The average Bonchev–Trinajstić information content (AvgIpc) is 2.79. The van der Waals surface area contributed by atoms with Crippen LogP contribution in [-0.4, -0.2) is 8.42 Å². The normalized spacial score (nSPS) is 11.2. The molecule has 0 heterocycles. The molecule has 4 aromatic carbocycles. The van der Waals surface area contributed by atoms with Crippen LogP contribution in [0.3, 0.4) is 0 Å². The molecule has 4 aromatic rings. The largest absolute Gasteiger partial charge is 0.457 e. The molecule has 0 aromatic heterocycles. The standard InChI is InChI=1S/C24H19BrN2O4S/c25-16-1-3-17(4-2-16)30-18-5-10-21(11-6-18)32(28,29)22-12-7-19(8-13-22)31-20-9-14-23(26)24(27)15-20/h1-15H,26-27H2. The molecule has 0 spiro atoms. The van der Waals surface area contributed by atoms with Crippen molar-refractivity contribution in [2.45, 2.75) is 9.79 Å². The van der Waals surface area contributed by atoms with Crippen LogP contribution in [0.2, 0.25) is 0 Å². The Hall–Kier alpha value is -3.49. The minimum absolute atomic E-state index is 0.156. The highest BCUT2D eigenvalue weighted by molar-refractivity contribution is 9.10. The lowest BCUT2D eigenvalue weighted by atomic mass is 10.2. The minimum Gasteiger partial charge on any atom is -0.457 e. The van der Waals surface area contributed by atoms with Crippen LogP contribution >= 0.6 is 15.9 Å². The molecule has 0 atom stereocenters. The first kappa shape index (κ1) is 21.7. The number of rotatable bonds is 6. The zero-order chi connectivity index (χ0) is 22.7. The van der Waals surface area contributed by atoms with Crippen LogP contribution in [-0.2, 0) is 9.84 Å². The van der Waals surface area contributed by atoms with Crippen LogP contribution in [0.15, 0.2) is 105 Å². The smallest absolute Gasteiger partial charge is 0.206 e. The first-order chi connectivity index (χ1) is 15.3. The van der Waals surface area contributed by atoms with Crippen molar-refractivity contribution < 1.29 is 17.9 Å². The van der Waals surface area contributed by atoms with Gasteiger partial charge < -0.3 is 20.9 Å². The van der Waals surface area contributed by atoms with Gasteiger partial charge in [0.1, 0.15) is 23.0 Å². The number of nitrogen functional groups attached to an aromatic ring is 2. The highest BCUT2D eigenvalue weighted by Crippen LogP contribution is 2.30. The zero-order valence-electron chi connectivity index (χ0n) is 16.7. The lowest BCUT2D eigenvalue weighted by molar-refractivity contribution is 0.482. The third-order valence-corrected chi connectivity index (χ3v) is 6.93. The monoisotopic (exact) mass is 510 g/mol. The molecule has 32 heavy (non-hydrogen) atoms. The SMILES string of the molecule is Nc1ccc(Oc2ccc(S(=O)(=O)c3ccc(Oc4ccc(Br)cc4)cc3)cc2)cc1N. The van der Waals surface area contributed by atoms with E-state index in [2.05, 4.69) is 15.9 Å². The van der Waals surface area contributed by atoms with E-state index in [4.69, 9.17) is 20.9 Å². The summed E-state index contributed by atoms with van der Waals surface area (Å²) in [5.74, 6) is 2.18. The van der Waals surface area contributed by atoms with Gasteiger partial charge in [0.25, 0.3) is 0 Å². The average molecular weight is 511 g/mol. The van der Waals surface area contributed by atoms with Gasteiger partial charge in [-0.25, -0.2) is 8.42 Å². The lowest BCUT2D eigenvalue weighted by Crippen LogP contribution is -2.02. The topological polar surface area (TPSA) is 105 Å². The maximum atomic E-state index is 13.0. The van der Waals surface area contributed by atoms with E-state index in [1.54, 1.807) is 42.5 Å². The van der Waals surface area contributed by atoms with Crippen molar-refractivity contribution in [2.75, 3.05) is 11.5 Å². The van der Waals surface area contributed by atoms with E-state index in [9.17, 15) is 8.42 Å². The predicted molar refractivity (Wildman–Crippen MR) is 128 cm³/mol. The molecule has 0 aliphatic heterocycles. The van der Waals surface area contributed by atoms with Crippen LogP contribution in [0.5, 0.6) is 23.0 Å². The molecule has 4 rings (SSSR count). The van der Waals surface area contributed by atoms with Crippen molar-refractivity contribution in [3.05, 3.63) is 95.5 Å². The molecule has 4 N–H and O–H groups in total. The molecule has 0 aliphatic rings. The molecule has 8 heteroatoms. The first-order valence-corrected chi connectivity index (χ1v) is 11.8. The third kappa shape index (κ3) is 4.87. The van der Waals surface area contributed by atoms with Gasteiger partial charge in [0.2, 0.25) is 9.84 Å². The third-order valence-electron chi connectivity index (χ3n) is 4.61. The number of anilines is 2. The van der Waals surface area contributed by atoms with E-state index in [0.29, 0.717) is 34.4 Å². The van der Waals surface area contributed by atoms with Crippen LogP contribution in [0.4, 0.5) is 11.4 Å². The van der Waals surface area contributed by atoms with E-state index in [-0.39, 0.29) is 9.79 Å². The quantitative estimate of drug-likeness (QED) is 0.306. The number of sulfone groups is 1. The fraction of sp³-hybridized carbons (Fsp3) is 0. The summed E-state index contributed by atoms with van der Waals surface area (Å²) in [5.41, 5.74) is 12.4. The molecule has 0 bridgehead atoms. The van der Waals surface area contributed by atoms with Gasteiger partial charge in [-0.05, 0) is 84.9 Å². The number of hydrogen-bond acceptors (Lipinski definition) is 6. The van der Waals surface area contributed by atoms with Crippen LogP contribution in [0.1, 0.15) is 0 Å². The highest BCUT2D eigenvalue weighted by atomic mass is 79.9. The Balaban J connectivity index is 1.48. The molecule has 0 aliphatic carbocycles. The molecule has 0 fully saturated rings. The summed E-state index contributed by atoms with van der Waals surface area (Å²) in [4.78, 5) is 0.323. The summed E-state index contributed by atoms with van der Waals surface area (Å²) in [6.45, 7) is 0. The molecule has 0 unspecified atom stereocenters. The fourth-order valence-corrected chi connectivity index (χ4v) is 4.43. The second kappa shape index (κ2) is 8.94. The number of ether oxygens (including phenoxy) is 2. The number of halogens is 1. The Kier molecular flexibility index (Phi) is 6.07. The van der Waals surface area contributed by atoms with Gasteiger partial charge >= 0.3 is 0 Å². The Bertz CT molecular complexity index is 1340. The van der Waals surface area contributed by atoms with Crippen molar-refractivity contribution >= 4 is 37.1 Å². The van der Waals surface area contributed by atoms with Gasteiger partial charge in [-0.15, -0.1) is 0 Å². The first-order valence-electron chi connectivity index (χ1n) is 9.53. The van der Waals surface area contributed by atoms with Gasteiger partial charge in [0, 0.05) is 10.5 Å². The summed E-state index contributed by atoms with van der Waals surface area (Å²) >= 11 is 3.37. The zero-order valence-corrected chi connectivity index (χ0v) is 19.1. The van der Waals surface area contributed by atoms with Crippen LogP contribution in [0, 0.1) is 0 Å². The summed E-state index contributed by atoms with van der Waals surface area (Å²) in [7, 11) is -3.69. The Labute approximate surface area is 194 Å². The van der Waals surface area contributed by atoms with Crippen molar-refractivity contribution in [3.63, 3.8) is 0 Å². The molecule has 0 saturated heterocycles. The Morgan fingerprint density at radius 2 is 0.969 bits per heavy atom. The molecular formula is C24H19BrN2O4S. The second-order valence-electron chi connectivity index (χ2n) is 6.90. The molecule has 0 radical (unpaired) electrons. The molecule has 162 valence electrons. The van der Waals surface area contributed by atoms with E-state index in [0.717, 1.165) is 4.47 Å². The van der Waals surface area contributed by atoms with Gasteiger partial charge in [-0.1, -0.05) is 15.9 Å². The fourth-order valence-electron chi connectivity index (χ4n) is 2.90. The summed E-state index contributed by atoms with van der Waals surface area (Å²) in [6, 6.07) is 24.8. The van der Waals surface area contributed by atoms with Crippen LogP contribution < -0.4 is 20.9 Å². The minimum atomic E-state index is -3.69. The maximum absolute atomic E-state index is 13.0. The number of nitrogens with two attached hydrogens (primary N) is 2. The van der Waals surface area contributed by atoms with Crippen molar-refractivity contribution in [1.29, 1.82) is 0 Å².